The van der Waals surface area contributed by atoms with Crippen LogP contribution in [0.2, 0.25) is 0 Å². The minimum absolute atomic E-state index is 0.0387. The molecule has 1 aromatic heterocycles. The van der Waals surface area contributed by atoms with Gasteiger partial charge in [-0.15, -0.1) is 0 Å². The summed E-state index contributed by atoms with van der Waals surface area (Å²) in [4.78, 5) is 17.9. The number of piperidine rings is 1. The summed E-state index contributed by atoms with van der Waals surface area (Å²) in [6.45, 7) is 7.64. The summed E-state index contributed by atoms with van der Waals surface area (Å²) in [6, 6.07) is 7.32. The number of hydrogen-bond donors (Lipinski definition) is 1. The van der Waals surface area contributed by atoms with Crippen LogP contribution >= 0.6 is 0 Å². The maximum atomic E-state index is 13.0. The van der Waals surface area contributed by atoms with E-state index in [9.17, 15) is 4.79 Å². The van der Waals surface area contributed by atoms with Crippen molar-refractivity contribution in [1.29, 1.82) is 0 Å². The Morgan fingerprint density at radius 2 is 1.90 bits per heavy atom. The van der Waals surface area contributed by atoms with Crippen LogP contribution < -0.4 is 10.2 Å². The third-order valence-corrected chi connectivity index (χ3v) is 6.84. The number of carbonyl (C=O) groups is 1. The molecule has 0 radical (unpaired) electrons. The number of amides is 1. The first kappa shape index (κ1) is 21.2. The van der Waals surface area contributed by atoms with E-state index in [1.165, 1.54) is 25.7 Å². The fourth-order valence-corrected chi connectivity index (χ4v) is 5.24. The molecule has 6 nitrogen and oxygen atoms in total. The van der Waals surface area contributed by atoms with Crippen molar-refractivity contribution in [2.75, 3.05) is 31.6 Å². The first-order chi connectivity index (χ1) is 14.4. The van der Waals surface area contributed by atoms with Crippen LogP contribution in [-0.4, -0.2) is 59.4 Å². The summed E-state index contributed by atoms with van der Waals surface area (Å²) in [5.74, 6) is 0.557. The standard InChI is InChI=1S/C24H37N5O/c1-17(2)16-27(3)20-9-10-21-22(15-20)28(4)26-23(21)24(30)25-18-11-13-29(14-12-18)19-7-5-6-8-19/h9-10,15,17-19H,5-8,11-14,16H2,1-4H3,(H,25,30). The number of likely N-dealkylation sites (tertiary alicyclic amines) is 1. The van der Waals surface area contributed by atoms with Gasteiger partial charge in [0.1, 0.15) is 0 Å². The highest BCUT2D eigenvalue weighted by atomic mass is 16.2. The van der Waals surface area contributed by atoms with Crippen LogP contribution in [0.3, 0.4) is 0 Å². The Hall–Kier alpha value is -2.08. The lowest BCUT2D eigenvalue weighted by atomic mass is 10.0. The summed E-state index contributed by atoms with van der Waals surface area (Å²) in [6.07, 6.45) is 7.54. The van der Waals surface area contributed by atoms with Gasteiger partial charge < -0.3 is 15.1 Å². The van der Waals surface area contributed by atoms with Crippen molar-refractivity contribution in [1.82, 2.24) is 20.0 Å². The number of nitrogens with zero attached hydrogens (tertiary/aromatic N) is 4. The van der Waals surface area contributed by atoms with Crippen LogP contribution in [0.25, 0.3) is 10.9 Å². The number of aryl methyl sites for hydroxylation is 1. The number of rotatable bonds is 6. The molecule has 1 saturated heterocycles. The van der Waals surface area contributed by atoms with Crippen molar-refractivity contribution in [3.8, 4) is 0 Å². The number of anilines is 1. The van der Waals surface area contributed by atoms with Gasteiger partial charge in [-0.1, -0.05) is 26.7 Å². The maximum absolute atomic E-state index is 13.0. The summed E-state index contributed by atoms with van der Waals surface area (Å²) in [7, 11) is 4.04. The molecule has 30 heavy (non-hydrogen) atoms. The van der Waals surface area contributed by atoms with E-state index in [1.54, 1.807) is 0 Å². The zero-order valence-corrected chi connectivity index (χ0v) is 19.0. The predicted octanol–water partition coefficient (Wildman–Crippen LogP) is 3.80. The van der Waals surface area contributed by atoms with Crippen LogP contribution in [0.15, 0.2) is 18.2 Å². The second kappa shape index (κ2) is 8.96. The second-order valence-corrected chi connectivity index (χ2v) is 9.67. The number of fused-ring (bicyclic) bond motifs is 1. The summed E-state index contributed by atoms with van der Waals surface area (Å²) < 4.78 is 1.83. The fourth-order valence-electron chi connectivity index (χ4n) is 5.24. The first-order valence-corrected chi connectivity index (χ1v) is 11.6. The van der Waals surface area contributed by atoms with Crippen LogP contribution in [0.1, 0.15) is 62.9 Å². The molecule has 2 aliphatic rings. The first-order valence-electron chi connectivity index (χ1n) is 11.6. The van der Waals surface area contributed by atoms with E-state index in [4.69, 9.17) is 0 Å². The monoisotopic (exact) mass is 411 g/mol. The van der Waals surface area contributed by atoms with Crippen LogP contribution in [0, 0.1) is 5.92 Å². The molecule has 1 aliphatic heterocycles. The number of benzene rings is 1. The van der Waals surface area contributed by atoms with Crippen LogP contribution in [0.5, 0.6) is 0 Å². The predicted molar refractivity (Wildman–Crippen MR) is 123 cm³/mol. The smallest absolute Gasteiger partial charge is 0.272 e. The van der Waals surface area contributed by atoms with E-state index in [-0.39, 0.29) is 11.9 Å². The van der Waals surface area contributed by atoms with Crippen molar-refractivity contribution in [3.63, 3.8) is 0 Å². The average Bonchev–Trinajstić information content (AvgIpc) is 3.36. The van der Waals surface area contributed by atoms with Crippen molar-refractivity contribution in [3.05, 3.63) is 23.9 Å². The SMILES string of the molecule is CC(C)CN(C)c1ccc2c(C(=O)NC3CCN(C4CCCC4)CC3)nn(C)c2c1. The van der Waals surface area contributed by atoms with Crippen molar-refractivity contribution in [2.24, 2.45) is 13.0 Å². The Bertz CT molecular complexity index is 875. The van der Waals surface area contributed by atoms with Gasteiger partial charge in [0.25, 0.3) is 5.91 Å². The molecule has 0 spiro atoms. The maximum Gasteiger partial charge on any atom is 0.272 e. The van der Waals surface area contributed by atoms with Gasteiger partial charge in [0.2, 0.25) is 0 Å². The van der Waals surface area contributed by atoms with Crippen LogP contribution in [0.4, 0.5) is 5.69 Å². The summed E-state index contributed by atoms with van der Waals surface area (Å²) >= 11 is 0. The molecule has 1 aliphatic carbocycles. The lowest BCUT2D eigenvalue weighted by Crippen LogP contribution is -2.47. The summed E-state index contributed by atoms with van der Waals surface area (Å²) in [5.41, 5.74) is 2.71. The van der Waals surface area contributed by atoms with Gasteiger partial charge in [0.15, 0.2) is 5.69 Å². The number of nitrogens with one attached hydrogen (secondary N) is 1. The van der Waals surface area contributed by atoms with E-state index in [1.807, 2.05) is 17.8 Å². The molecular weight excluding hydrogens is 374 g/mol. The van der Waals surface area contributed by atoms with Crippen LogP contribution in [-0.2, 0) is 7.05 Å². The van der Waals surface area contributed by atoms with Crippen molar-refractivity contribution >= 4 is 22.5 Å². The molecule has 2 heterocycles. The van der Waals surface area contributed by atoms with Gasteiger partial charge >= 0.3 is 0 Å². The zero-order valence-electron chi connectivity index (χ0n) is 19.0. The van der Waals surface area contributed by atoms with E-state index >= 15 is 0 Å². The largest absolute Gasteiger partial charge is 0.374 e. The van der Waals surface area contributed by atoms with Gasteiger partial charge in [-0.2, -0.15) is 5.10 Å². The molecular formula is C24H37N5O. The van der Waals surface area contributed by atoms with Gasteiger partial charge in [-0.05, 0) is 49.8 Å². The second-order valence-electron chi connectivity index (χ2n) is 9.67. The lowest BCUT2D eigenvalue weighted by molar-refractivity contribution is 0.0888. The molecule has 164 valence electrons. The molecule has 0 bridgehead atoms. The molecule has 6 heteroatoms. The highest BCUT2D eigenvalue weighted by molar-refractivity contribution is 6.05. The zero-order chi connectivity index (χ0) is 21.3. The Balaban J connectivity index is 1.42. The third-order valence-electron chi connectivity index (χ3n) is 6.84. The Kier molecular flexibility index (Phi) is 6.32. The minimum Gasteiger partial charge on any atom is -0.374 e. The molecule has 4 rings (SSSR count). The molecule has 1 saturated carbocycles. The van der Waals surface area contributed by atoms with E-state index in [0.717, 1.165) is 55.1 Å². The lowest BCUT2D eigenvalue weighted by Gasteiger charge is -2.36. The highest BCUT2D eigenvalue weighted by Crippen LogP contribution is 2.27. The molecule has 1 aromatic carbocycles. The van der Waals surface area contributed by atoms with Gasteiger partial charge in [0, 0.05) is 56.9 Å². The average molecular weight is 412 g/mol. The Morgan fingerprint density at radius 1 is 1.20 bits per heavy atom. The topological polar surface area (TPSA) is 53.4 Å². The van der Waals surface area contributed by atoms with E-state index in [0.29, 0.717) is 11.6 Å². The molecule has 1 N–H and O–H groups in total. The van der Waals surface area contributed by atoms with E-state index < -0.39 is 0 Å². The highest BCUT2D eigenvalue weighted by Gasteiger charge is 2.28. The molecule has 0 atom stereocenters. The normalized spacial score (nSPS) is 19.1. The number of aromatic nitrogens is 2. The molecule has 0 unspecified atom stereocenters. The minimum atomic E-state index is -0.0387. The molecule has 1 amide bonds. The van der Waals surface area contributed by atoms with Gasteiger partial charge in [0.05, 0.1) is 5.52 Å². The molecule has 2 aromatic rings. The fraction of sp³-hybridized carbons (Fsp3) is 0.667. The number of hydrogen-bond acceptors (Lipinski definition) is 4. The quantitative estimate of drug-likeness (QED) is 0.786. The Morgan fingerprint density at radius 3 is 2.57 bits per heavy atom. The number of carbonyl (C=O) groups excluding carboxylic acids is 1. The van der Waals surface area contributed by atoms with Crippen molar-refractivity contribution in [2.45, 2.75) is 64.5 Å². The van der Waals surface area contributed by atoms with Gasteiger partial charge in [-0.25, -0.2) is 0 Å². The third kappa shape index (κ3) is 4.48. The Labute approximate surface area is 180 Å². The molecule has 2 fully saturated rings. The summed E-state index contributed by atoms with van der Waals surface area (Å²) in [5, 5.41) is 8.76. The van der Waals surface area contributed by atoms with E-state index in [2.05, 4.69) is 53.2 Å². The van der Waals surface area contributed by atoms with Gasteiger partial charge in [-0.3, -0.25) is 9.48 Å². The van der Waals surface area contributed by atoms with Crippen molar-refractivity contribution < 1.29 is 4.79 Å².